The third-order valence-electron chi connectivity index (χ3n) is 6.77. The molecule has 2 aromatic heterocycles. The fraction of sp³-hybridized carbons (Fsp3) is 0.259. The molecule has 3 heterocycles. The first-order valence-corrected chi connectivity index (χ1v) is 13.0. The van der Waals surface area contributed by atoms with Gasteiger partial charge in [-0.3, -0.25) is 10.1 Å². The number of likely N-dealkylation sites (tertiary alicyclic amines) is 1. The molecule has 2 amide bonds. The Labute approximate surface area is 234 Å². The standard InChI is InChI=1S/C27H27ClN8O4/c1-40-27(39)31-21-8-4-17(5-9-21)22-14-29-26(32-22)25-19(15-37)3-2-12-35(25)24(38)11-6-18-13-20(28)7-10-23(18)36-16-30-33-34-36/h4-11,13-14,16,19,25,37H,2-3,12,15H2,1H3,(H,29,32)(H,31,39). The molecule has 2 atom stereocenters. The van der Waals surface area contributed by atoms with Crippen molar-refractivity contribution < 1.29 is 19.4 Å². The van der Waals surface area contributed by atoms with Crippen LogP contribution in [0.4, 0.5) is 10.5 Å². The van der Waals surface area contributed by atoms with Crippen LogP contribution in [-0.2, 0) is 9.53 Å². The number of H-pyrrole nitrogens is 1. The second kappa shape index (κ2) is 12.1. The fourth-order valence-electron chi connectivity index (χ4n) is 4.82. The van der Waals surface area contributed by atoms with Crippen LogP contribution in [0.1, 0.15) is 30.3 Å². The van der Waals surface area contributed by atoms with Crippen LogP contribution in [0.5, 0.6) is 0 Å². The number of methoxy groups -OCH3 is 1. The highest BCUT2D eigenvalue weighted by atomic mass is 35.5. The molecule has 1 fully saturated rings. The van der Waals surface area contributed by atoms with Crippen molar-refractivity contribution in [1.82, 2.24) is 35.1 Å². The summed E-state index contributed by atoms with van der Waals surface area (Å²) in [5.74, 6) is 0.186. The maximum absolute atomic E-state index is 13.5. The minimum absolute atomic E-state index is 0.0835. The highest BCUT2D eigenvalue weighted by Gasteiger charge is 2.36. The van der Waals surface area contributed by atoms with E-state index in [9.17, 15) is 14.7 Å². The number of aromatic nitrogens is 6. The summed E-state index contributed by atoms with van der Waals surface area (Å²) in [6, 6.07) is 12.0. The van der Waals surface area contributed by atoms with Crippen molar-refractivity contribution in [2.45, 2.75) is 18.9 Å². The van der Waals surface area contributed by atoms with Gasteiger partial charge in [-0.1, -0.05) is 23.7 Å². The van der Waals surface area contributed by atoms with Crippen molar-refractivity contribution in [3.63, 3.8) is 0 Å². The zero-order valence-corrected chi connectivity index (χ0v) is 22.3. The monoisotopic (exact) mass is 562 g/mol. The Bertz CT molecular complexity index is 1500. The normalized spacial score (nSPS) is 17.2. The van der Waals surface area contributed by atoms with Gasteiger partial charge in [0.2, 0.25) is 5.91 Å². The van der Waals surface area contributed by atoms with Crippen LogP contribution in [0.3, 0.4) is 0 Å². The first-order valence-electron chi connectivity index (χ1n) is 12.6. The maximum Gasteiger partial charge on any atom is 0.411 e. The van der Waals surface area contributed by atoms with Crippen molar-refractivity contribution >= 4 is 35.4 Å². The maximum atomic E-state index is 13.5. The topological polar surface area (TPSA) is 151 Å². The van der Waals surface area contributed by atoms with Gasteiger partial charge in [0.1, 0.15) is 12.2 Å². The fourth-order valence-corrected chi connectivity index (χ4v) is 5.00. The number of nitrogens with zero attached hydrogens (tertiary/aromatic N) is 6. The Morgan fingerprint density at radius 1 is 1.25 bits per heavy atom. The number of halogens is 1. The molecule has 0 radical (unpaired) electrons. The summed E-state index contributed by atoms with van der Waals surface area (Å²) >= 11 is 6.22. The Kier molecular flexibility index (Phi) is 8.18. The van der Waals surface area contributed by atoms with E-state index < -0.39 is 12.1 Å². The molecule has 0 aliphatic carbocycles. The van der Waals surface area contributed by atoms with Crippen LogP contribution in [0, 0.1) is 5.92 Å². The smallest absolute Gasteiger partial charge is 0.411 e. The molecule has 1 aliphatic rings. The van der Waals surface area contributed by atoms with Gasteiger partial charge in [-0.05, 0) is 65.2 Å². The van der Waals surface area contributed by atoms with Gasteiger partial charge in [0.05, 0.1) is 30.7 Å². The quantitative estimate of drug-likeness (QED) is 0.287. The van der Waals surface area contributed by atoms with E-state index in [2.05, 4.69) is 35.5 Å². The molecular weight excluding hydrogens is 536 g/mol. The lowest BCUT2D eigenvalue weighted by Crippen LogP contribution is -2.43. The Balaban J connectivity index is 1.39. The molecule has 0 bridgehead atoms. The summed E-state index contributed by atoms with van der Waals surface area (Å²) in [6.45, 7) is 0.434. The van der Waals surface area contributed by atoms with Crippen LogP contribution < -0.4 is 5.32 Å². The van der Waals surface area contributed by atoms with Crippen molar-refractivity contribution in [2.24, 2.45) is 5.92 Å². The predicted octanol–water partition coefficient (Wildman–Crippen LogP) is 3.87. The molecular formula is C27H27ClN8O4. The number of carbonyl (C=O) groups is 2. The number of ether oxygens (including phenoxy) is 1. The number of piperidine rings is 1. The molecule has 12 nitrogen and oxygen atoms in total. The minimum atomic E-state index is -0.551. The summed E-state index contributed by atoms with van der Waals surface area (Å²) in [5.41, 5.74) is 3.53. The first-order chi connectivity index (χ1) is 19.5. The molecule has 206 valence electrons. The summed E-state index contributed by atoms with van der Waals surface area (Å²) in [6.07, 6.45) is 7.30. The van der Waals surface area contributed by atoms with Gasteiger partial charge in [0, 0.05) is 41.4 Å². The zero-order chi connectivity index (χ0) is 28.1. The van der Waals surface area contributed by atoms with Gasteiger partial charge in [0.25, 0.3) is 0 Å². The predicted molar refractivity (Wildman–Crippen MR) is 148 cm³/mol. The third-order valence-corrected chi connectivity index (χ3v) is 7.00. The number of hydrogen-bond donors (Lipinski definition) is 3. The molecule has 2 unspecified atom stereocenters. The van der Waals surface area contributed by atoms with E-state index in [0.717, 1.165) is 24.1 Å². The van der Waals surface area contributed by atoms with Crippen molar-refractivity contribution in [3.8, 4) is 16.9 Å². The number of tetrazole rings is 1. The van der Waals surface area contributed by atoms with E-state index in [1.165, 1.54) is 24.2 Å². The number of aromatic amines is 1. The van der Waals surface area contributed by atoms with Crippen molar-refractivity contribution in [2.75, 3.05) is 25.6 Å². The molecule has 4 aromatic rings. The van der Waals surface area contributed by atoms with Crippen LogP contribution >= 0.6 is 11.6 Å². The average molecular weight is 563 g/mol. The lowest BCUT2D eigenvalue weighted by atomic mass is 9.89. The number of aliphatic hydroxyl groups excluding tert-OH is 1. The highest BCUT2D eigenvalue weighted by Crippen LogP contribution is 2.36. The second-order valence-corrected chi connectivity index (χ2v) is 9.66. The first kappa shape index (κ1) is 27.0. The van der Waals surface area contributed by atoms with E-state index in [1.807, 2.05) is 12.1 Å². The van der Waals surface area contributed by atoms with Crippen LogP contribution in [0.15, 0.2) is 61.1 Å². The lowest BCUT2D eigenvalue weighted by Gasteiger charge is -2.39. The van der Waals surface area contributed by atoms with E-state index >= 15 is 0 Å². The second-order valence-electron chi connectivity index (χ2n) is 9.23. The van der Waals surface area contributed by atoms with Gasteiger partial charge < -0.3 is 19.7 Å². The zero-order valence-electron chi connectivity index (χ0n) is 21.6. The van der Waals surface area contributed by atoms with E-state index in [4.69, 9.17) is 11.6 Å². The number of rotatable bonds is 7. The number of anilines is 1. The van der Waals surface area contributed by atoms with Crippen molar-refractivity contribution in [3.05, 3.63) is 77.5 Å². The van der Waals surface area contributed by atoms with Gasteiger partial charge in [-0.2, -0.15) is 4.68 Å². The summed E-state index contributed by atoms with van der Waals surface area (Å²) in [7, 11) is 1.30. The van der Waals surface area contributed by atoms with Gasteiger partial charge in [-0.25, -0.2) is 9.78 Å². The van der Waals surface area contributed by atoms with Gasteiger partial charge in [0.15, 0.2) is 0 Å². The Hall–Kier alpha value is -4.55. The molecule has 1 saturated heterocycles. The molecule has 5 rings (SSSR count). The number of aliphatic hydroxyl groups is 1. The van der Waals surface area contributed by atoms with E-state index in [-0.39, 0.29) is 18.4 Å². The third kappa shape index (κ3) is 5.87. The van der Waals surface area contributed by atoms with Crippen LogP contribution in [0.2, 0.25) is 5.02 Å². The lowest BCUT2D eigenvalue weighted by molar-refractivity contribution is -0.132. The minimum Gasteiger partial charge on any atom is -0.453 e. The summed E-state index contributed by atoms with van der Waals surface area (Å²) in [5, 5.41) is 24.6. The van der Waals surface area contributed by atoms with Crippen LogP contribution in [0.25, 0.3) is 23.0 Å². The van der Waals surface area contributed by atoms with Gasteiger partial charge in [-0.15, -0.1) is 5.10 Å². The summed E-state index contributed by atoms with van der Waals surface area (Å²) in [4.78, 5) is 34.6. The Morgan fingerprint density at radius 3 is 2.80 bits per heavy atom. The molecule has 40 heavy (non-hydrogen) atoms. The van der Waals surface area contributed by atoms with Crippen LogP contribution in [-0.4, -0.2) is 72.4 Å². The van der Waals surface area contributed by atoms with Gasteiger partial charge >= 0.3 is 6.09 Å². The average Bonchev–Trinajstić information content (AvgIpc) is 3.69. The number of hydrogen-bond acceptors (Lipinski definition) is 8. The van der Waals surface area contributed by atoms with E-state index in [0.29, 0.717) is 34.3 Å². The van der Waals surface area contributed by atoms with Crippen molar-refractivity contribution in [1.29, 1.82) is 0 Å². The molecule has 3 N–H and O–H groups in total. The number of carbonyl (C=O) groups excluding carboxylic acids is 2. The number of nitrogens with one attached hydrogen (secondary N) is 2. The molecule has 1 aliphatic heterocycles. The highest BCUT2D eigenvalue weighted by molar-refractivity contribution is 6.30. The number of amides is 2. The number of imidazole rings is 1. The Morgan fingerprint density at radius 2 is 2.08 bits per heavy atom. The number of benzene rings is 2. The van der Waals surface area contributed by atoms with E-state index in [1.54, 1.807) is 47.5 Å². The summed E-state index contributed by atoms with van der Waals surface area (Å²) < 4.78 is 6.12. The largest absolute Gasteiger partial charge is 0.453 e. The SMILES string of the molecule is COC(=O)Nc1ccc(-c2cnc(C3C(CO)CCCN3C(=O)C=Cc3cc(Cl)ccc3-n3cnnn3)[nH]2)cc1. The molecule has 0 saturated carbocycles. The molecule has 0 spiro atoms. The molecule has 2 aromatic carbocycles. The molecule has 13 heteroatoms.